The van der Waals surface area contributed by atoms with Crippen molar-refractivity contribution < 1.29 is 5.11 Å². The Morgan fingerprint density at radius 3 is 3.00 bits per heavy atom. The highest BCUT2D eigenvalue weighted by molar-refractivity contribution is 5.42. The maximum atomic E-state index is 8.99. The van der Waals surface area contributed by atoms with Crippen LogP contribution in [0.4, 0.5) is 5.82 Å². The Bertz CT molecular complexity index is 393. The van der Waals surface area contributed by atoms with E-state index in [2.05, 4.69) is 41.2 Å². The highest BCUT2D eigenvalue weighted by Gasteiger charge is 2.25. The smallest absolute Gasteiger partial charge is 0.128 e. The molecule has 112 valence electrons. The van der Waals surface area contributed by atoms with Gasteiger partial charge in [0.15, 0.2) is 0 Å². The zero-order valence-corrected chi connectivity index (χ0v) is 12.7. The Kier molecular flexibility index (Phi) is 5.80. The molecule has 4 nitrogen and oxygen atoms in total. The fourth-order valence-electron chi connectivity index (χ4n) is 3.01. The van der Waals surface area contributed by atoms with E-state index in [9.17, 15) is 0 Å². The van der Waals surface area contributed by atoms with E-state index in [1.807, 2.05) is 6.20 Å². The number of nitrogens with zero attached hydrogens (tertiary/aromatic N) is 2. The minimum Gasteiger partial charge on any atom is -0.396 e. The molecular formula is C16H27N3O. The Morgan fingerprint density at radius 2 is 2.35 bits per heavy atom. The van der Waals surface area contributed by atoms with E-state index in [0.29, 0.717) is 12.1 Å². The number of hydrogen-bond donors (Lipinski definition) is 2. The molecule has 2 heterocycles. The average Bonchev–Trinajstić information content (AvgIpc) is 2.94. The maximum absolute atomic E-state index is 8.99. The molecule has 0 spiro atoms. The number of nitrogens with one attached hydrogen (secondary N) is 1. The second-order valence-electron chi connectivity index (χ2n) is 5.58. The van der Waals surface area contributed by atoms with Gasteiger partial charge in [0.1, 0.15) is 5.82 Å². The molecule has 1 aliphatic rings. The molecule has 1 saturated heterocycles. The van der Waals surface area contributed by atoms with Crippen LogP contribution in [0.3, 0.4) is 0 Å². The minimum absolute atomic E-state index is 0.289. The molecule has 0 amide bonds. The summed E-state index contributed by atoms with van der Waals surface area (Å²) in [6, 6.07) is 5.22. The molecule has 2 N–H and O–H groups in total. The van der Waals surface area contributed by atoms with E-state index in [1.54, 1.807) is 0 Å². The van der Waals surface area contributed by atoms with E-state index < -0.39 is 0 Å². The summed E-state index contributed by atoms with van der Waals surface area (Å²) in [5, 5.41) is 12.4. The third-order valence-electron chi connectivity index (χ3n) is 4.15. The van der Waals surface area contributed by atoms with Gasteiger partial charge in [0.25, 0.3) is 0 Å². The molecule has 0 saturated carbocycles. The van der Waals surface area contributed by atoms with E-state index in [0.717, 1.165) is 31.7 Å². The van der Waals surface area contributed by atoms with Crippen LogP contribution in [-0.2, 0) is 0 Å². The first kappa shape index (κ1) is 15.3. The lowest BCUT2D eigenvalue weighted by atomic mass is 10.1. The van der Waals surface area contributed by atoms with Crippen molar-refractivity contribution >= 4 is 5.82 Å². The Morgan fingerprint density at radius 1 is 1.50 bits per heavy atom. The molecule has 4 heteroatoms. The van der Waals surface area contributed by atoms with Gasteiger partial charge in [0.2, 0.25) is 0 Å². The Hall–Kier alpha value is -1.13. The van der Waals surface area contributed by atoms with Gasteiger partial charge in [-0.1, -0.05) is 13.0 Å². The zero-order valence-electron chi connectivity index (χ0n) is 12.7. The SMILES string of the molecule is CCNC(C)c1ccc(N2CCCC2CCCO)nc1. The second-order valence-corrected chi connectivity index (χ2v) is 5.58. The van der Waals surface area contributed by atoms with Gasteiger partial charge < -0.3 is 15.3 Å². The van der Waals surface area contributed by atoms with Gasteiger partial charge in [-0.3, -0.25) is 0 Å². The molecule has 2 rings (SSSR count). The second kappa shape index (κ2) is 7.60. The molecular weight excluding hydrogens is 250 g/mol. The summed E-state index contributed by atoms with van der Waals surface area (Å²) in [6.07, 6.45) is 6.39. The number of anilines is 1. The summed E-state index contributed by atoms with van der Waals surface area (Å²) < 4.78 is 0. The van der Waals surface area contributed by atoms with Gasteiger partial charge in [-0.05, 0) is 50.8 Å². The molecule has 1 aliphatic heterocycles. The Labute approximate surface area is 122 Å². The molecule has 2 unspecified atom stereocenters. The van der Waals surface area contributed by atoms with Crippen LogP contribution in [0.15, 0.2) is 18.3 Å². The number of hydrogen-bond acceptors (Lipinski definition) is 4. The number of rotatable bonds is 7. The third kappa shape index (κ3) is 3.70. The number of aromatic nitrogens is 1. The molecule has 1 aromatic rings. The molecule has 20 heavy (non-hydrogen) atoms. The zero-order chi connectivity index (χ0) is 14.4. The summed E-state index contributed by atoms with van der Waals surface area (Å²) in [6.45, 7) is 6.63. The van der Waals surface area contributed by atoms with E-state index in [4.69, 9.17) is 5.11 Å². The predicted octanol–water partition coefficient (Wildman–Crippen LogP) is 2.49. The van der Waals surface area contributed by atoms with Crippen molar-refractivity contribution in [2.75, 3.05) is 24.6 Å². The van der Waals surface area contributed by atoms with Crippen molar-refractivity contribution in [3.63, 3.8) is 0 Å². The summed E-state index contributed by atoms with van der Waals surface area (Å²) in [7, 11) is 0. The van der Waals surface area contributed by atoms with Crippen molar-refractivity contribution in [1.29, 1.82) is 0 Å². The van der Waals surface area contributed by atoms with Gasteiger partial charge in [-0.25, -0.2) is 4.98 Å². The molecule has 0 bridgehead atoms. The number of pyridine rings is 1. The third-order valence-corrected chi connectivity index (χ3v) is 4.15. The standard InChI is InChI=1S/C16H27N3O/c1-3-17-13(2)14-8-9-16(18-12-14)19-10-4-6-15(19)7-5-11-20/h8-9,12-13,15,17,20H,3-7,10-11H2,1-2H3. The van der Waals surface area contributed by atoms with Crippen LogP contribution in [-0.4, -0.2) is 35.8 Å². The topological polar surface area (TPSA) is 48.4 Å². The highest BCUT2D eigenvalue weighted by atomic mass is 16.2. The highest BCUT2D eigenvalue weighted by Crippen LogP contribution is 2.27. The fraction of sp³-hybridized carbons (Fsp3) is 0.688. The summed E-state index contributed by atoms with van der Waals surface area (Å²) in [4.78, 5) is 7.05. The first-order valence-corrected chi connectivity index (χ1v) is 7.83. The lowest BCUT2D eigenvalue weighted by Crippen LogP contribution is -2.30. The quantitative estimate of drug-likeness (QED) is 0.804. The maximum Gasteiger partial charge on any atom is 0.128 e. The summed E-state index contributed by atoms with van der Waals surface area (Å²) >= 11 is 0. The normalized spacial score (nSPS) is 20.4. The van der Waals surface area contributed by atoms with Crippen LogP contribution < -0.4 is 10.2 Å². The number of aliphatic hydroxyl groups is 1. The van der Waals surface area contributed by atoms with Crippen LogP contribution >= 0.6 is 0 Å². The summed E-state index contributed by atoms with van der Waals surface area (Å²) in [5.41, 5.74) is 1.24. The predicted molar refractivity (Wildman–Crippen MR) is 83.0 cm³/mol. The molecule has 1 aromatic heterocycles. The van der Waals surface area contributed by atoms with Gasteiger partial charge in [0.05, 0.1) is 0 Å². The first-order valence-electron chi connectivity index (χ1n) is 7.83. The van der Waals surface area contributed by atoms with Gasteiger partial charge in [0, 0.05) is 31.4 Å². The number of aliphatic hydroxyl groups excluding tert-OH is 1. The van der Waals surface area contributed by atoms with Crippen LogP contribution in [0.25, 0.3) is 0 Å². The molecule has 2 atom stereocenters. The largest absolute Gasteiger partial charge is 0.396 e. The lowest BCUT2D eigenvalue weighted by molar-refractivity contribution is 0.279. The van der Waals surface area contributed by atoms with Crippen molar-refractivity contribution in [1.82, 2.24) is 10.3 Å². The van der Waals surface area contributed by atoms with Crippen LogP contribution in [0, 0.1) is 0 Å². The van der Waals surface area contributed by atoms with Crippen LogP contribution in [0.5, 0.6) is 0 Å². The van der Waals surface area contributed by atoms with Crippen molar-refractivity contribution in [2.24, 2.45) is 0 Å². The van der Waals surface area contributed by atoms with Gasteiger partial charge >= 0.3 is 0 Å². The Balaban J connectivity index is 2.01. The lowest BCUT2D eigenvalue weighted by Gasteiger charge is -2.26. The van der Waals surface area contributed by atoms with Gasteiger partial charge in [-0.2, -0.15) is 0 Å². The minimum atomic E-state index is 0.289. The van der Waals surface area contributed by atoms with E-state index >= 15 is 0 Å². The van der Waals surface area contributed by atoms with Crippen LogP contribution in [0.2, 0.25) is 0 Å². The van der Waals surface area contributed by atoms with E-state index in [1.165, 1.54) is 18.4 Å². The van der Waals surface area contributed by atoms with Crippen molar-refractivity contribution in [3.05, 3.63) is 23.9 Å². The van der Waals surface area contributed by atoms with Crippen molar-refractivity contribution in [3.8, 4) is 0 Å². The van der Waals surface area contributed by atoms with Gasteiger partial charge in [-0.15, -0.1) is 0 Å². The molecule has 0 aromatic carbocycles. The van der Waals surface area contributed by atoms with Crippen molar-refractivity contribution in [2.45, 2.75) is 51.6 Å². The molecule has 0 aliphatic carbocycles. The average molecular weight is 277 g/mol. The molecule has 0 radical (unpaired) electrons. The van der Waals surface area contributed by atoms with Crippen LogP contribution in [0.1, 0.15) is 51.1 Å². The first-order chi connectivity index (χ1) is 9.76. The summed E-state index contributed by atoms with van der Waals surface area (Å²) in [5.74, 6) is 1.08. The fourth-order valence-corrected chi connectivity index (χ4v) is 3.01. The van der Waals surface area contributed by atoms with E-state index in [-0.39, 0.29) is 6.61 Å². The monoisotopic (exact) mass is 277 g/mol. The molecule has 1 fully saturated rings.